The number of carbonyl (C=O) groups is 1. The monoisotopic (exact) mass is 490 g/mol. The number of nitrogens with zero attached hydrogens (tertiary/aromatic N) is 4. The molecule has 2 aliphatic heterocycles. The summed E-state index contributed by atoms with van der Waals surface area (Å²) in [5, 5.41) is 8.33. The molecule has 0 spiro atoms. The Morgan fingerprint density at radius 3 is 2.66 bits per heavy atom. The van der Waals surface area contributed by atoms with Gasteiger partial charge in [-0.15, -0.1) is 0 Å². The van der Waals surface area contributed by atoms with Crippen molar-refractivity contribution in [1.82, 2.24) is 9.88 Å². The third-order valence-corrected chi connectivity index (χ3v) is 8.33. The van der Waals surface area contributed by atoms with Crippen LogP contribution in [0.25, 0.3) is 11.1 Å². The second-order valence-corrected chi connectivity index (χ2v) is 10.4. The number of hydrogen-bond acceptors (Lipinski definition) is 7. The highest BCUT2D eigenvalue weighted by Gasteiger charge is 2.44. The number of hydrogen-bond donors (Lipinski definition) is 0. The van der Waals surface area contributed by atoms with Crippen molar-refractivity contribution in [1.29, 1.82) is 5.26 Å². The average molecular weight is 491 g/mol. The number of benzene rings is 2. The van der Waals surface area contributed by atoms with Crippen LogP contribution in [0.15, 0.2) is 60.9 Å². The number of methoxy groups -OCH3 is 1. The lowest BCUT2D eigenvalue weighted by Crippen LogP contribution is -2.60. The van der Waals surface area contributed by atoms with E-state index in [1.165, 1.54) is 22.5 Å². The van der Waals surface area contributed by atoms with Crippen LogP contribution in [-0.2, 0) is 10.0 Å². The Balaban J connectivity index is 1.37. The van der Waals surface area contributed by atoms with Crippen LogP contribution in [0, 0.1) is 11.3 Å². The third kappa shape index (κ3) is 4.04. The molecular weight excluding hydrogens is 468 g/mol. The number of sulfonamides is 1. The smallest absolute Gasteiger partial charge is 0.254 e. The predicted molar refractivity (Wildman–Crippen MR) is 129 cm³/mol. The summed E-state index contributed by atoms with van der Waals surface area (Å²) >= 11 is 0. The van der Waals surface area contributed by atoms with Crippen molar-refractivity contribution in [2.24, 2.45) is 0 Å². The van der Waals surface area contributed by atoms with E-state index in [0.717, 1.165) is 5.56 Å². The first-order chi connectivity index (χ1) is 16.9. The number of rotatable bonds is 5. The fourth-order valence-corrected chi connectivity index (χ4v) is 6.05. The predicted octanol–water partition coefficient (Wildman–Crippen LogP) is 2.68. The maximum atomic E-state index is 13.5. The first kappa shape index (κ1) is 22.7. The van der Waals surface area contributed by atoms with Gasteiger partial charge in [-0.1, -0.05) is 18.2 Å². The van der Waals surface area contributed by atoms with Gasteiger partial charge < -0.3 is 14.4 Å². The second kappa shape index (κ2) is 8.92. The van der Waals surface area contributed by atoms with Crippen LogP contribution in [0.3, 0.4) is 0 Å². The maximum Gasteiger partial charge on any atom is 0.254 e. The molecule has 0 aliphatic carbocycles. The molecular formula is C25H22N4O5S. The molecule has 2 aliphatic rings. The third-order valence-electron chi connectivity index (χ3n) is 6.19. The van der Waals surface area contributed by atoms with Gasteiger partial charge >= 0.3 is 0 Å². The molecule has 1 saturated heterocycles. The molecule has 0 unspecified atom stereocenters. The Hall–Kier alpha value is -4.10. The number of anilines is 1. The van der Waals surface area contributed by atoms with E-state index >= 15 is 0 Å². The number of ether oxygens (including phenoxy) is 2. The van der Waals surface area contributed by atoms with Gasteiger partial charge in [0.25, 0.3) is 5.91 Å². The molecule has 1 amide bonds. The lowest BCUT2D eigenvalue weighted by Gasteiger charge is -2.42. The van der Waals surface area contributed by atoms with Gasteiger partial charge in [-0.25, -0.2) is 8.42 Å². The average Bonchev–Trinajstić information content (AvgIpc) is 2.87. The Kier molecular flexibility index (Phi) is 5.78. The number of likely N-dealkylation sites (tertiary alicyclic amines) is 1. The van der Waals surface area contributed by atoms with Crippen LogP contribution in [-0.4, -0.2) is 62.8 Å². The molecule has 0 N–H and O–H groups in total. The fourth-order valence-electron chi connectivity index (χ4n) is 4.22. The topological polar surface area (TPSA) is 113 Å². The summed E-state index contributed by atoms with van der Waals surface area (Å²) < 4.78 is 39.4. The van der Waals surface area contributed by atoms with Crippen molar-refractivity contribution in [3.8, 4) is 28.7 Å². The summed E-state index contributed by atoms with van der Waals surface area (Å²) in [5.74, 6) is 0.765. The van der Waals surface area contributed by atoms with E-state index in [0.29, 0.717) is 33.9 Å². The fraction of sp³-hybridized carbons (Fsp3) is 0.240. The largest absolute Gasteiger partial charge is 0.497 e. The maximum absolute atomic E-state index is 13.5. The minimum absolute atomic E-state index is 0.105. The first-order valence-electron chi connectivity index (χ1n) is 11.0. The Morgan fingerprint density at radius 1 is 1.17 bits per heavy atom. The van der Waals surface area contributed by atoms with Crippen LogP contribution in [0.5, 0.6) is 11.5 Å². The van der Waals surface area contributed by atoms with Crippen LogP contribution < -0.4 is 13.8 Å². The zero-order valence-electron chi connectivity index (χ0n) is 18.9. The number of amides is 1. The van der Waals surface area contributed by atoms with Gasteiger partial charge in [-0.05, 0) is 35.9 Å². The molecule has 1 fully saturated rings. The van der Waals surface area contributed by atoms with Crippen molar-refractivity contribution in [2.45, 2.75) is 5.25 Å². The molecule has 10 heteroatoms. The molecule has 0 atom stereocenters. The van der Waals surface area contributed by atoms with Gasteiger partial charge in [0, 0.05) is 30.4 Å². The quantitative estimate of drug-likeness (QED) is 0.540. The van der Waals surface area contributed by atoms with E-state index < -0.39 is 15.3 Å². The SMILES string of the molecule is COc1cccc(C(=O)N2CC(S(=O)(=O)N3CCOc4c(-c5ccc(C#N)cc5)cncc43)C2)c1. The minimum atomic E-state index is -3.76. The van der Waals surface area contributed by atoms with Gasteiger partial charge in [-0.2, -0.15) is 5.26 Å². The summed E-state index contributed by atoms with van der Waals surface area (Å²) in [5.41, 5.74) is 2.76. The standard InChI is InChI=1S/C25H22N4O5S/c1-33-20-4-2-3-19(11-20)25(30)28-15-21(16-28)35(31,32)29-9-10-34-24-22(13-27-14-23(24)29)18-7-5-17(12-26)6-8-18/h2-8,11,13-14,21H,9-10,15-16H2,1H3. The molecule has 3 aromatic rings. The highest BCUT2D eigenvalue weighted by Crippen LogP contribution is 2.42. The van der Waals surface area contributed by atoms with Crippen molar-refractivity contribution in [3.63, 3.8) is 0 Å². The number of carbonyl (C=O) groups excluding carboxylic acids is 1. The second-order valence-electron chi connectivity index (χ2n) is 8.25. The molecule has 0 bridgehead atoms. The molecule has 178 valence electrons. The van der Waals surface area contributed by atoms with Gasteiger partial charge in [0.05, 0.1) is 31.5 Å². The number of nitriles is 1. The zero-order chi connectivity index (χ0) is 24.6. The molecule has 0 radical (unpaired) electrons. The van der Waals surface area contributed by atoms with Crippen molar-refractivity contribution in [2.75, 3.05) is 37.7 Å². The summed E-state index contributed by atoms with van der Waals surface area (Å²) in [7, 11) is -2.23. The van der Waals surface area contributed by atoms with E-state index in [1.807, 2.05) is 0 Å². The lowest BCUT2D eigenvalue weighted by molar-refractivity contribution is 0.0658. The number of aromatic nitrogens is 1. The van der Waals surface area contributed by atoms with E-state index in [9.17, 15) is 13.2 Å². The number of fused-ring (bicyclic) bond motifs is 1. The molecule has 35 heavy (non-hydrogen) atoms. The molecule has 3 heterocycles. The van der Waals surface area contributed by atoms with Crippen molar-refractivity contribution in [3.05, 3.63) is 72.1 Å². The van der Waals surface area contributed by atoms with Gasteiger partial charge in [0.2, 0.25) is 10.0 Å². The van der Waals surface area contributed by atoms with E-state index in [1.54, 1.807) is 54.7 Å². The first-order valence-corrected chi connectivity index (χ1v) is 12.5. The Morgan fingerprint density at radius 2 is 1.94 bits per heavy atom. The molecule has 5 rings (SSSR count). The molecule has 0 saturated carbocycles. The van der Waals surface area contributed by atoms with Gasteiger partial charge in [0.15, 0.2) is 5.75 Å². The van der Waals surface area contributed by atoms with Gasteiger partial charge in [-0.3, -0.25) is 14.1 Å². The van der Waals surface area contributed by atoms with Crippen LogP contribution in [0.4, 0.5) is 5.69 Å². The molecule has 1 aromatic heterocycles. The molecule has 2 aromatic carbocycles. The van der Waals surface area contributed by atoms with Crippen molar-refractivity contribution >= 4 is 21.6 Å². The zero-order valence-corrected chi connectivity index (χ0v) is 19.7. The van der Waals surface area contributed by atoms with E-state index in [-0.39, 0.29) is 32.1 Å². The minimum Gasteiger partial charge on any atom is -0.497 e. The summed E-state index contributed by atoms with van der Waals surface area (Å²) in [6.07, 6.45) is 3.10. The van der Waals surface area contributed by atoms with Crippen molar-refractivity contribution < 1.29 is 22.7 Å². The van der Waals surface area contributed by atoms with Crippen LogP contribution in [0.1, 0.15) is 15.9 Å². The molecule has 9 nitrogen and oxygen atoms in total. The lowest BCUT2D eigenvalue weighted by atomic mass is 10.0. The Labute approximate surface area is 203 Å². The Bertz CT molecular complexity index is 1430. The van der Waals surface area contributed by atoms with E-state index in [4.69, 9.17) is 14.7 Å². The van der Waals surface area contributed by atoms with Gasteiger partial charge in [0.1, 0.15) is 23.3 Å². The highest BCUT2D eigenvalue weighted by molar-refractivity contribution is 7.93. The summed E-state index contributed by atoms with van der Waals surface area (Å²) in [6.45, 7) is 0.564. The normalized spacial score (nSPS) is 15.4. The number of pyridine rings is 1. The highest BCUT2D eigenvalue weighted by atomic mass is 32.2. The summed E-state index contributed by atoms with van der Waals surface area (Å²) in [6, 6.07) is 15.8. The van der Waals surface area contributed by atoms with Crippen LogP contribution in [0.2, 0.25) is 0 Å². The summed E-state index contributed by atoms with van der Waals surface area (Å²) in [4.78, 5) is 18.6. The van der Waals surface area contributed by atoms with E-state index in [2.05, 4.69) is 11.1 Å². The van der Waals surface area contributed by atoms with Crippen LogP contribution >= 0.6 is 0 Å².